The highest BCUT2D eigenvalue weighted by Crippen LogP contribution is 2.38. The second-order valence-electron chi connectivity index (χ2n) is 11.2. The van der Waals surface area contributed by atoms with Crippen molar-refractivity contribution in [1.29, 1.82) is 0 Å². The number of fused-ring (bicyclic) bond motifs is 1. The molecule has 1 amide bonds. The van der Waals surface area contributed by atoms with Gasteiger partial charge >= 0.3 is 5.63 Å². The third-order valence-electron chi connectivity index (χ3n) is 7.48. The predicted molar refractivity (Wildman–Crippen MR) is 160 cm³/mol. The van der Waals surface area contributed by atoms with Gasteiger partial charge in [0.2, 0.25) is 6.29 Å². The van der Waals surface area contributed by atoms with Crippen LogP contribution in [0.5, 0.6) is 17.2 Å². The molecule has 11 heteroatoms. The second kappa shape index (κ2) is 12.8. The van der Waals surface area contributed by atoms with E-state index >= 15 is 0 Å². The molecule has 1 aliphatic heterocycles. The number of aliphatic hydroxyl groups excluding tert-OH is 2. The van der Waals surface area contributed by atoms with E-state index in [0.717, 1.165) is 11.1 Å². The molecule has 1 aliphatic rings. The van der Waals surface area contributed by atoms with Gasteiger partial charge in [-0.1, -0.05) is 11.6 Å². The van der Waals surface area contributed by atoms with Gasteiger partial charge in [-0.2, -0.15) is 0 Å². The fourth-order valence-electron chi connectivity index (χ4n) is 5.21. The van der Waals surface area contributed by atoms with Gasteiger partial charge in [0.05, 0.1) is 25.2 Å². The summed E-state index contributed by atoms with van der Waals surface area (Å²) in [4.78, 5) is 26.5. The summed E-state index contributed by atoms with van der Waals surface area (Å²) in [5, 5.41) is 24.3. The molecule has 1 saturated heterocycles. The number of methoxy groups -OCH3 is 3. The van der Waals surface area contributed by atoms with Crippen LogP contribution >= 0.6 is 0 Å². The van der Waals surface area contributed by atoms with E-state index < -0.39 is 41.7 Å². The number of benzene rings is 2. The molecule has 0 radical (unpaired) electrons. The van der Waals surface area contributed by atoms with Gasteiger partial charge in [-0.25, -0.2) is 4.79 Å². The summed E-state index contributed by atoms with van der Waals surface area (Å²) in [5.74, 6) is 0.482. The summed E-state index contributed by atoms with van der Waals surface area (Å²) in [6, 6.07) is 8.23. The second-order valence-corrected chi connectivity index (χ2v) is 11.2. The van der Waals surface area contributed by atoms with Crippen molar-refractivity contribution in [2.75, 3.05) is 26.6 Å². The van der Waals surface area contributed by atoms with Crippen LogP contribution in [0, 0.1) is 6.92 Å². The van der Waals surface area contributed by atoms with Crippen LogP contribution in [0.3, 0.4) is 0 Å². The van der Waals surface area contributed by atoms with Gasteiger partial charge in [0.15, 0.2) is 11.4 Å². The quantitative estimate of drug-likeness (QED) is 0.243. The predicted octanol–water partition coefficient (Wildman–Crippen LogP) is 4.13. The van der Waals surface area contributed by atoms with E-state index in [1.54, 1.807) is 58.2 Å². The van der Waals surface area contributed by atoms with Gasteiger partial charge < -0.3 is 43.6 Å². The van der Waals surface area contributed by atoms with E-state index in [-0.39, 0.29) is 22.8 Å². The number of aliphatic hydroxyl groups is 2. The first-order valence-electron chi connectivity index (χ1n) is 13.8. The Morgan fingerprint density at radius 2 is 1.74 bits per heavy atom. The van der Waals surface area contributed by atoms with E-state index in [4.69, 9.17) is 28.1 Å². The first-order chi connectivity index (χ1) is 20.3. The molecular weight excluding hydrogens is 558 g/mol. The summed E-state index contributed by atoms with van der Waals surface area (Å²) in [6.07, 6.45) is -2.08. The van der Waals surface area contributed by atoms with E-state index in [2.05, 4.69) is 5.32 Å². The molecule has 11 nitrogen and oxygen atoms in total. The van der Waals surface area contributed by atoms with Gasteiger partial charge in [-0.05, 0) is 76.9 Å². The number of hydrogen-bond acceptors (Lipinski definition) is 10. The van der Waals surface area contributed by atoms with Crippen LogP contribution in [0.25, 0.3) is 11.0 Å². The standard InChI is InChI=1S/C32H39NO10/c1-16(2)9-10-18-15-19(11-13-22(18)38-6)29(36)33-23-27(39-7)20-12-14-21(17(3)26(20)42-30(23)37)41-31-25(35)24(34)28(40-8)32(4,5)43-31/h9,11-15,24-25,28,31,34-35H,10H2,1-8H3,(H,33,36)/t24-,25+,28+,31+/m0/s1. The van der Waals surface area contributed by atoms with Crippen molar-refractivity contribution in [2.45, 2.75) is 71.2 Å². The summed E-state index contributed by atoms with van der Waals surface area (Å²) in [6.45, 7) is 9.07. The van der Waals surface area contributed by atoms with Crippen molar-refractivity contribution in [3.05, 3.63) is 69.1 Å². The zero-order valence-electron chi connectivity index (χ0n) is 25.6. The molecular formula is C32H39NO10. The van der Waals surface area contributed by atoms with Gasteiger partial charge in [0, 0.05) is 18.2 Å². The minimum absolute atomic E-state index is 0.112. The first-order valence-corrected chi connectivity index (χ1v) is 13.8. The van der Waals surface area contributed by atoms with Crippen molar-refractivity contribution in [3.63, 3.8) is 0 Å². The van der Waals surface area contributed by atoms with Crippen molar-refractivity contribution >= 4 is 22.6 Å². The van der Waals surface area contributed by atoms with Crippen LogP contribution < -0.4 is 25.2 Å². The maximum Gasteiger partial charge on any atom is 0.364 e. The molecule has 3 aromatic rings. The van der Waals surface area contributed by atoms with Crippen LogP contribution in [0.4, 0.5) is 5.69 Å². The molecule has 2 heterocycles. The summed E-state index contributed by atoms with van der Waals surface area (Å²) in [7, 11) is 4.37. The Balaban J connectivity index is 1.66. The number of anilines is 1. The van der Waals surface area contributed by atoms with Gasteiger partial charge in [-0.3, -0.25) is 4.79 Å². The van der Waals surface area contributed by atoms with Crippen molar-refractivity contribution in [2.24, 2.45) is 0 Å². The molecule has 0 unspecified atom stereocenters. The number of carbonyl (C=O) groups is 1. The highest BCUT2D eigenvalue weighted by Gasteiger charge is 2.50. The minimum Gasteiger partial charge on any atom is -0.496 e. The van der Waals surface area contributed by atoms with Crippen LogP contribution in [0.15, 0.2) is 51.2 Å². The number of aryl methyl sites for hydroxylation is 1. The number of hydrogen-bond donors (Lipinski definition) is 3. The number of allylic oxidation sites excluding steroid dienone is 2. The van der Waals surface area contributed by atoms with Crippen LogP contribution in [-0.2, 0) is 15.9 Å². The van der Waals surface area contributed by atoms with Crippen molar-refractivity contribution < 1.29 is 43.1 Å². The largest absolute Gasteiger partial charge is 0.496 e. The zero-order chi connectivity index (χ0) is 31.6. The average Bonchev–Trinajstić information content (AvgIpc) is 2.96. The minimum atomic E-state index is -1.41. The maximum atomic E-state index is 13.3. The summed E-state index contributed by atoms with van der Waals surface area (Å²) in [5.41, 5.74) is 0.891. The molecule has 0 aliphatic carbocycles. The molecule has 0 bridgehead atoms. The molecule has 1 fully saturated rings. The Hall–Kier alpha value is -3.90. The van der Waals surface area contributed by atoms with Crippen molar-refractivity contribution in [3.8, 4) is 17.2 Å². The van der Waals surface area contributed by atoms with Gasteiger partial charge in [0.25, 0.3) is 5.91 Å². The monoisotopic (exact) mass is 597 g/mol. The molecule has 4 rings (SSSR count). The lowest BCUT2D eigenvalue weighted by Gasteiger charge is -2.46. The Morgan fingerprint density at radius 3 is 2.37 bits per heavy atom. The number of amides is 1. The number of carbonyl (C=O) groups excluding carboxylic acids is 1. The molecule has 0 spiro atoms. The fraction of sp³-hybridized carbons (Fsp3) is 0.438. The highest BCUT2D eigenvalue weighted by molar-refractivity contribution is 6.06. The van der Waals surface area contributed by atoms with Gasteiger partial charge in [0.1, 0.15) is 35.4 Å². The third kappa shape index (κ3) is 6.40. The molecule has 232 valence electrons. The molecule has 3 N–H and O–H groups in total. The summed E-state index contributed by atoms with van der Waals surface area (Å²) >= 11 is 0. The smallest absolute Gasteiger partial charge is 0.364 e. The molecule has 4 atom stereocenters. The van der Waals surface area contributed by atoms with Crippen LogP contribution in [-0.4, -0.2) is 67.7 Å². The lowest BCUT2D eigenvalue weighted by atomic mass is 9.89. The van der Waals surface area contributed by atoms with Crippen LogP contribution in [0.2, 0.25) is 0 Å². The van der Waals surface area contributed by atoms with Crippen molar-refractivity contribution in [1.82, 2.24) is 0 Å². The molecule has 1 aromatic heterocycles. The normalized spacial score (nSPS) is 21.3. The van der Waals surface area contributed by atoms with E-state index in [1.807, 2.05) is 19.9 Å². The Morgan fingerprint density at radius 1 is 1.05 bits per heavy atom. The number of nitrogens with one attached hydrogen (secondary N) is 1. The lowest BCUT2D eigenvalue weighted by Crippen LogP contribution is -2.63. The Bertz CT molecular complexity index is 1590. The Kier molecular flexibility index (Phi) is 9.50. The van der Waals surface area contributed by atoms with Crippen LogP contribution in [0.1, 0.15) is 49.2 Å². The maximum absolute atomic E-state index is 13.3. The lowest BCUT2D eigenvalue weighted by molar-refractivity contribution is -0.306. The highest BCUT2D eigenvalue weighted by atomic mass is 16.7. The van der Waals surface area contributed by atoms with E-state index in [1.165, 1.54) is 14.2 Å². The van der Waals surface area contributed by atoms with E-state index in [9.17, 15) is 19.8 Å². The Labute approximate surface area is 250 Å². The molecule has 43 heavy (non-hydrogen) atoms. The first kappa shape index (κ1) is 32.0. The number of ether oxygens (including phenoxy) is 5. The molecule has 2 aromatic carbocycles. The van der Waals surface area contributed by atoms with E-state index in [0.29, 0.717) is 28.7 Å². The van der Waals surface area contributed by atoms with Gasteiger partial charge in [-0.15, -0.1) is 0 Å². The zero-order valence-corrected chi connectivity index (χ0v) is 25.6. The molecule has 0 saturated carbocycles. The topological polar surface area (TPSA) is 146 Å². The third-order valence-corrected chi connectivity index (χ3v) is 7.48. The fourth-order valence-corrected chi connectivity index (χ4v) is 5.21. The SMILES string of the molecule is COc1ccc(C(=O)Nc2c(OC)c3ccc(O[C@@H]4OC(C)(C)[C@H](OC)[C@@H](O)[C@H]4O)c(C)c3oc2=O)cc1CC=C(C)C. The average molecular weight is 598 g/mol. The summed E-state index contributed by atoms with van der Waals surface area (Å²) < 4.78 is 33.9. The number of rotatable bonds is 9.